The third kappa shape index (κ3) is 6.55. The molecule has 2 heterocycles. The molecule has 0 radical (unpaired) electrons. The Morgan fingerprint density at radius 1 is 0.950 bits per heavy atom. The second-order valence-electron chi connectivity index (χ2n) is 9.65. The number of hydrogen-bond donors (Lipinski definition) is 2. The summed E-state index contributed by atoms with van der Waals surface area (Å²) in [6.45, 7) is 5.37. The highest BCUT2D eigenvalue weighted by Gasteiger charge is 2.17. The van der Waals surface area contributed by atoms with Gasteiger partial charge in [0.1, 0.15) is 11.6 Å². The number of nitrogens with zero attached hydrogens (tertiary/aromatic N) is 5. The van der Waals surface area contributed by atoms with Gasteiger partial charge in [0.2, 0.25) is 5.91 Å². The van der Waals surface area contributed by atoms with Crippen molar-refractivity contribution < 1.29 is 9.18 Å². The van der Waals surface area contributed by atoms with Gasteiger partial charge in [-0.15, -0.1) is 5.10 Å². The van der Waals surface area contributed by atoms with Gasteiger partial charge in [-0.25, -0.2) is 14.5 Å². The number of rotatable bonds is 10. The van der Waals surface area contributed by atoms with Gasteiger partial charge < -0.3 is 10.2 Å². The highest BCUT2D eigenvalue weighted by atomic mass is 19.1. The molecule has 1 amide bonds. The van der Waals surface area contributed by atoms with Gasteiger partial charge in [-0.3, -0.25) is 4.79 Å². The molecule has 2 aromatic heterocycles. The predicted octanol–water partition coefficient (Wildman–Crippen LogP) is 5.97. The predicted molar refractivity (Wildman–Crippen MR) is 154 cm³/mol. The van der Waals surface area contributed by atoms with E-state index in [-0.39, 0.29) is 18.1 Å². The van der Waals surface area contributed by atoms with Crippen LogP contribution in [0.2, 0.25) is 0 Å². The Labute approximate surface area is 232 Å². The summed E-state index contributed by atoms with van der Waals surface area (Å²) in [5.74, 6) is 0.813. The van der Waals surface area contributed by atoms with E-state index in [4.69, 9.17) is 4.98 Å². The van der Waals surface area contributed by atoms with Crippen LogP contribution in [0, 0.1) is 12.7 Å². The van der Waals surface area contributed by atoms with Crippen LogP contribution in [0.15, 0.2) is 84.9 Å². The number of hydrogen-bond acceptors (Lipinski definition) is 6. The number of aryl methyl sites for hydroxylation is 1. The monoisotopic (exact) mass is 535 g/mol. The molecule has 5 rings (SSSR count). The van der Waals surface area contributed by atoms with E-state index in [2.05, 4.69) is 37.8 Å². The lowest BCUT2D eigenvalue weighted by Crippen LogP contribution is -2.25. The lowest BCUT2D eigenvalue weighted by molar-refractivity contribution is -0.115. The number of aromatic amines is 1. The number of aromatic nitrogens is 5. The van der Waals surface area contributed by atoms with Crippen LogP contribution in [-0.2, 0) is 17.8 Å². The molecule has 40 heavy (non-hydrogen) atoms. The van der Waals surface area contributed by atoms with Crippen molar-refractivity contribution in [3.63, 3.8) is 0 Å². The first kappa shape index (κ1) is 26.7. The zero-order valence-corrected chi connectivity index (χ0v) is 22.4. The largest absolute Gasteiger partial charge is 0.352 e. The van der Waals surface area contributed by atoms with E-state index in [9.17, 15) is 9.18 Å². The van der Waals surface area contributed by atoms with Gasteiger partial charge in [0.15, 0.2) is 5.82 Å². The van der Waals surface area contributed by atoms with E-state index in [1.54, 1.807) is 12.1 Å². The van der Waals surface area contributed by atoms with Crippen LogP contribution in [0.1, 0.15) is 30.0 Å². The van der Waals surface area contributed by atoms with E-state index in [0.717, 1.165) is 40.8 Å². The molecule has 0 saturated heterocycles. The number of pyridine rings is 1. The minimum absolute atomic E-state index is 0.125. The maximum absolute atomic E-state index is 13.6. The molecule has 9 heteroatoms. The fraction of sp³-hybridized carbons (Fsp3) is 0.194. The third-order valence-corrected chi connectivity index (χ3v) is 6.49. The van der Waals surface area contributed by atoms with E-state index < -0.39 is 0 Å². The fourth-order valence-corrected chi connectivity index (χ4v) is 4.53. The quantitative estimate of drug-likeness (QED) is 0.228. The highest BCUT2D eigenvalue weighted by molar-refractivity contribution is 5.93. The van der Waals surface area contributed by atoms with Crippen molar-refractivity contribution in [3.8, 4) is 22.6 Å². The van der Waals surface area contributed by atoms with Crippen LogP contribution in [0.25, 0.3) is 22.6 Å². The Morgan fingerprint density at radius 2 is 1.68 bits per heavy atom. The molecule has 8 nitrogen and oxygen atoms in total. The number of carbonyl (C=O) groups excluding carboxylic acids is 1. The molecule has 0 aliphatic heterocycles. The summed E-state index contributed by atoms with van der Waals surface area (Å²) < 4.78 is 13.6. The number of H-pyrrole nitrogens is 1. The Balaban J connectivity index is 1.53. The molecule has 0 atom stereocenters. The molecule has 0 spiro atoms. The number of anilines is 2. The van der Waals surface area contributed by atoms with Crippen LogP contribution in [0.3, 0.4) is 0 Å². The summed E-state index contributed by atoms with van der Waals surface area (Å²) in [5, 5.41) is 17.4. The minimum Gasteiger partial charge on any atom is -0.352 e. The minimum atomic E-state index is -0.275. The number of tetrazole rings is 1. The first-order chi connectivity index (χ1) is 19.5. The van der Waals surface area contributed by atoms with E-state index >= 15 is 0 Å². The van der Waals surface area contributed by atoms with E-state index in [0.29, 0.717) is 29.6 Å². The number of nitrogens with one attached hydrogen (secondary N) is 2. The molecule has 2 N–H and O–H groups in total. The average molecular weight is 536 g/mol. The number of amides is 1. The maximum atomic E-state index is 13.6. The fourth-order valence-electron chi connectivity index (χ4n) is 4.53. The molecular weight excluding hydrogens is 505 g/mol. The molecule has 0 aliphatic rings. The van der Waals surface area contributed by atoms with Gasteiger partial charge in [0, 0.05) is 36.0 Å². The normalized spacial score (nSPS) is 10.9. The number of halogens is 1. The van der Waals surface area contributed by atoms with Gasteiger partial charge in [-0.05, 0) is 53.1 Å². The van der Waals surface area contributed by atoms with Crippen molar-refractivity contribution in [1.29, 1.82) is 0 Å². The van der Waals surface area contributed by atoms with E-state index in [1.807, 2.05) is 67.6 Å². The highest BCUT2D eigenvalue weighted by Crippen LogP contribution is 2.32. The van der Waals surface area contributed by atoms with Crippen LogP contribution in [-0.4, -0.2) is 38.1 Å². The smallest absolute Gasteiger partial charge is 0.228 e. The number of benzene rings is 3. The molecular formula is C31H30FN7O. The van der Waals surface area contributed by atoms with Crippen LogP contribution < -0.4 is 10.2 Å². The van der Waals surface area contributed by atoms with Gasteiger partial charge in [0.05, 0.1) is 12.1 Å². The summed E-state index contributed by atoms with van der Waals surface area (Å²) >= 11 is 0. The zero-order valence-electron chi connectivity index (χ0n) is 22.4. The molecule has 0 aliphatic carbocycles. The van der Waals surface area contributed by atoms with Crippen LogP contribution in [0.5, 0.6) is 0 Å². The Hall–Kier alpha value is -4.92. The summed E-state index contributed by atoms with van der Waals surface area (Å²) in [6.07, 6.45) is 1.13. The first-order valence-corrected chi connectivity index (χ1v) is 13.2. The van der Waals surface area contributed by atoms with Gasteiger partial charge in [0.25, 0.3) is 0 Å². The first-order valence-electron chi connectivity index (χ1n) is 13.2. The Morgan fingerprint density at radius 3 is 2.38 bits per heavy atom. The summed E-state index contributed by atoms with van der Waals surface area (Å²) in [4.78, 5) is 20.2. The van der Waals surface area contributed by atoms with Crippen molar-refractivity contribution in [1.82, 2.24) is 25.6 Å². The third-order valence-electron chi connectivity index (χ3n) is 6.49. The van der Waals surface area contributed by atoms with Crippen molar-refractivity contribution in [3.05, 3.63) is 107 Å². The van der Waals surface area contributed by atoms with Crippen molar-refractivity contribution >= 4 is 17.4 Å². The summed E-state index contributed by atoms with van der Waals surface area (Å²) in [7, 11) is 0. The van der Waals surface area contributed by atoms with Crippen LogP contribution >= 0.6 is 0 Å². The second-order valence-corrected chi connectivity index (χ2v) is 9.65. The van der Waals surface area contributed by atoms with Gasteiger partial charge in [-0.2, -0.15) is 0 Å². The average Bonchev–Trinajstić information content (AvgIpc) is 3.50. The van der Waals surface area contributed by atoms with Crippen molar-refractivity contribution in [2.45, 2.75) is 33.2 Å². The van der Waals surface area contributed by atoms with Crippen LogP contribution in [0.4, 0.5) is 15.9 Å². The molecule has 202 valence electrons. The number of carbonyl (C=O) groups is 1. The standard InChI is InChI=1S/C31H30FN7O/c1-3-16-39(20-23-12-14-24(32)15-13-23)29-19-25(33-30(40)17-22-10-8-21(2)9-11-22)18-28(34-29)26-6-4-5-7-27(26)31-35-37-38-36-31/h4-15,18-19H,3,16-17,20H2,1-2H3,(H,33,34,40)(H,35,36,37,38). The molecule has 0 bridgehead atoms. The second kappa shape index (κ2) is 12.3. The van der Waals surface area contributed by atoms with Gasteiger partial charge >= 0.3 is 0 Å². The lowest BCUT2D eigenvalue weighted by Gasteiger charge is -2.25. The molecule has 0 fully saturated rings. The SMILES string of the molecule is CCCN(Cc1ccc(F)cc1)c1cc(NC(=O)Cc2ccc(C)cc2)cc(-c2ccccc2-c2nnn[nH]2)n1. The zero-order chi connectivity index (χ0) is 27.9. The lowest BCUT2D eigenvalue weighted by atomic mass is 10.0. The Kier molecular flexibility index (Phi) is 8.20. The molecule has 5 aromatic rings. The van der Waals surface area contributed by atoms with Gasteiger partial charge in [-0.1, -0.05) is 73.2 Å². The molecule has 0 unspecified atom stereocenters. The topological polar surface area (TPSA) is 99.7 Å². The Bertz CT molecular complexity index is 1570. The molecule has 0 saturated carbocycles. The maximum Gasteiger partial charge on any atom is 0.228 e. The summed E-state index contributed by atoms with van der Waals surface area (Å²) in [5.41, 5.74) is 5.93. The van der Waals surface area contributed by atoms with E-state index in [1.165, 1.54) is 12.1 Å². The van der Waals surface area contributed by atoms with Crippen molar-refractivity contribution in [2.75, 3.05) is 16.8 Å². The summed E-state index contributed by atoms with van der Waals surface area (Å²) in [6, 6.07) is 25.8. The van der Waals surface area contributed by atoms with Crippen molar-refractivity contribution in [2.24, 2.45) is 0 Å². The molecule has 3 aromatic carbocycles.